The highest BCUT2D eigenvalue weighted by Crippen LogP contribution is 2.42. The zero-order valence-electron chi connectivity index (χ0n) is 26.1. The lowest BCUT2D eigenvalue weighted by Crippen LogP contribution is -1.97. The molecule has 0 saturated heterocycles. The van der Waals surface area contributed by atoms with Gasteiger partial charge in [0.2, 0.25) is 0 Å². The minimum absolute atomic E-state index is 0.716. The summed E-state index contributed by atoms with van der Waals surface area (Å²) in [7, 11) is 0. The molecule has 0 aliphatic rings. The molecule has 1 heterocycles. The van der Waals surface area contributed by atoms with Crippen molar-refractivity contribution in [3.05, 3.63) is 170 Å². The van der Waals surface area contributed by atoms with Crippen LogP contribution in [0.1, 0.15) is 0 Å². The second-order valence-electron chi connectivity index (χ2n) is 12.5. The van der Waals surface area contributed by atoms with Gasteiger partial charge < -0.3 is 0 Å². The first-order valence-corrected chi connectivity index (χ1v) is 16.4. The van der Waals surface area contributed by atoms with Crippen LogP contribution in [0, 0.1) is 0 Å². The number of hydrogen-bond donors (Lipinski definition) is 0. The number of fused-ring (bicyclic) bond motifs is 10. The van der Waals surface area contributed by atoms with Gasteiger partial charge in [0.05, 0.1) is 11.4 Å². The molecule has 0 aliphatic heterocycles. The van der Waals surface area contributed by atoms with Crippen LogP contribution < -0.4 is 0 Å². The normalized spacial score (nSPS) is 11.8. The van der Waals surface area contributed by atoms with Gasteiger partial charge in [0.25, 0.3) is 0 Å². The van der Waals surface area contributed by atoms with Crippen molar-refractivity contribution in [1.82, 2.24) is 9.97 Å². The Morgan fingerprint density at radius 3 is 1.56 bits per heavy atom. The molecule has 0 N–H and O–H groups in total. The van der Waals surface area contributed by atoms with Crippen LogP contribution in [0.5, 0.6) is 0 Å². The van der Waals surface area contributed by atoms with Gasteiger partial charge in [0.15, 0.2) is 5.82 Å². The number of aromatic nitrogens is 2. The van der Waals surface area contributed by atoms with Gasteiger partial charge in [-0.15, -0.1) is 0 Å². The van der Waals surface area contributed by atoms with Gasteiger partial charge in [0, 0.05) is 16.7 Å². The van der Waals surface area contributed by atoms with Crippen molar-refractivity contribution in [2.24, 2.45) is 0 Å². The summed E-state index contributed by atoms with van der Waals surface area (Å²) >= 11 is 0. The smallest absolute Gasteiger partial charge is 0.160 e. The van der Waals surface area contributed by atoms with Crippen LogP contribution in [0.15, 0.2) is 170 Å². The molecule has 1 aromatic heterocycles. The van der Waals surface area contributed by atoms with Crippen molar-refractivity contribution < 1.29 is 0 Å². The van der Waals surface area contributed by atoms with E-state index in [1.54, 1.807) is 0 Å². The van der Waals surface area contributed by atoms with E-state index in [-0.39, 0.29) is 0 Å². The highest BCUT2D eigenvalue weighted by atomic mass is 14.9. The summed E-state index contributed by atoms with van der Waals surface area (Å²) in [6.45, 7) is 0. The van der Waals surface area contributed by atoms with Crippen LogP contribution in [0.4, 0.5) is 0 Å². The van der Waals surface area contributed by atoms with Gasteiger partial charge >= 0.3 is 0 Å². The molecule has 0 fully saturated rings. The summed E-state index contributed by atoms with van der Waals surface area (Å²) in [5.74, 6) is 0.716. The molecular weight excluding hydrogens is 581 g/mol. The Hall–Kier alpha value is -6.38. The Morgan fingerprint density at radius 1 is 0.292 bits per heavy atom. The molecule has 2 heteroatoms. The molecule has 0 spiro atoms. The fraction of sp³-hybridized carbons (Fsp3) is 0. The van der Waals surface area contributed by atoms with E-state index in [1.165, 1.54) is 64.6 Å². The van der Waals surface area contributed by atoms with E-state index in [0.29, 0.717) is 5.82 Å². The molecule has 0 bridgehead atoms. The summed E-state index contributed by atoms with van der Waals surface area (Å²) < 4.78 is 0. The predicted octanol–water partition coefficient (Wildman–Crippen LogP) is 12.4. The van der Waals surface area contributed by atoms with E-state index in [4.69, 9.17) is 9.97 Å². The van der Waals surface area contributed by atoms with E-state index in [1.807, 2.05) is 6.07 Å². The molecule has 0 atom stereocenters. The molecule has 48 heavy (non-hydrogen) atoms. The minimum atomic E-state index is 0.716. The highest BCUT2D eigenvalue weighted by molar-refractivity contribution is 6.26. The monoisotopic (exact) mass is 608 g/mol. The van der Waals surface area contributed by atoms with Crippen LogP contribution in [-0.2, 0) is 0 Å². The average molecular weight is 609 g/mol. The van der Waals surface area contributed by atoms with Crippen molar-refractivity contribution in [2.45, 2.75) is 0 Å². The predicted molar refractivity (Wildman–Crippen MR) is 203 cm³/mol. The molecule has 0 radical (unpaired) electrons. The third kappa shape index (κ3) is 4.13. The van der Waals surface area contributed by atoms with Crippen molar-refractivity contribution >= 4 is 64.6 Å². The quantitative estimate of drug-likeness (QED) is 0.147. The first-order valence-electron chi connectivity index (χ1n) is 16.4. The van der Waals surface area contributed by atoms with Gasteiger partial charge in [-0.05, 0) is 82.8 Å². The maximum absolute atomic E-state index is 5.35. The maximum atomic E-state index is 5.35. The zero-order chi connectivity index (χ0) is 31.6. The Balaban J connectivity index is 1.31. The first kappa shape index (κ1) is 26.8. The van der Waals surface area contributed by atoms with Gasteiger partial charge in [0.1, 0.15) is 0 Å². The van der Waals surface area contributed by atoms with Crippen molar-refractivity contribution in [1.29, 1.82) is 0 Å². The van der Waals surface area contributed by atoms with Crippen LogP contribution in [0.3, 0.4) is 0 Å². The molecule has 0 unspecified atom stereocenters. The summed E-state index contributed by atoms with van der Waals surface area (Å²) in [6, 6.07) is 60.9. The Morgan fingerprint density at radius 2 is 0.833 bits per heavy atom. The number of benzene rings is 9. The Labute approximate surface area is 277 Å². The fourth-order valence-electron chi connectivity index (χ4n) is 7.61. The summed E-state index contributed by atoms with van der Waals surface area (Å²) in [5.41, 5.74) is 5.02. The molecule has 2 nitrogen and oxygen atoms in total. The largest absolute Gasteiger partial charge is 0.228 e. The number of hydrogen-bond acceptors (Lipinski definition) is 2. The SMILES string of the molecule is c1ccc(-c2nc(-c3ccc4c5ccccc5c5ccccc5c4c3)cc(-c3c4ccccc4cc4ccc5ccccc5c34)n2)cc1. The van der Waals surface area contributed by atoms with Crippen LogP contribution in [-0.4, -0.2) is 9.97 Å². The maximum Gasteiger partial charge on any atom is 0.160 e. The summed E-state index contributed by atoms with van der Waals surface area (Å²) in [6.07, 6.45) is 0. The Kier molecular flexibility index (Phi) is 5.91. The molecule has 0 saturated carbocycles. The van der Waals surface area contributed by atoms with Crippen LogP contribution >= 0.6 is 0 Å². The lowest BCUT2D eigenvalue weighted by Gasteiger charge is -2.16. The lowest BCUT2D eigenvalue weighted by molar-refractivity contribution is 1.19. The van der Waals surface area contributed by atoms with Crippen molar-refractivity contribution in [2.75, 3.05) is 0 Å². The number of nitrogens with zero attached hydrogens (tertiary/aromatic N) is 2. The topological polar surface area (TPSA) is 25.8 Å². The van der Waals surface area contributed by atoms with E-state index in [2.05, 4.69) is 164 Å². The standard InChI is InChI=1S/C46H28N2/c1-2-13-30(14-3-1)46-47-42(32-24-25-40-38-20-9-8-18-36(38)37-19-10-11-21-39(37)41(40)27-32)28-43(48-46)45-35-17-7-5-15-31(35)26-33-23-22-29-12-4-6-16-34(29)44(33)45/h1-28H. The molecule has 9 aromatic carbocycles. The second-order valence-corrected chi connectivity index (χ2v) is 12.5. The number of rotatable bonds is 3. The van der Waals surface area contributed by atoms with Gasteiger partial charge in [-0.1, -0.05) is 152 Å². The van der Waals surface area contributed by atoms with Gasteiger partial charge in [-0.25, -0.2) is 9.97 Å². The third-order valence-corrected chi connectivity index (χ3v) is 9.81. The second kappa shape index (κ2) is 10.6. The average Bonchev–Trinajstić information content (AvgIpc) is 3.17. The minimum Gasteiger partial charge on any atom is -0.228 e. The summed E-state index contributed by atoms with van der Waals surface area (Å²) in [5, 5.41) is 14.8. The third-order valence-electron chi connectivity index (χ3n) is 9.81. The first-order chi connectivity index (χ1) is 23.8. The molecular formula is C46H28N2. The van der Waals surface area contributed by atoms with E-state index >= 15 is 0 Å². The van der Waals surface area contributed by atoms with Gasteiger partial charge in [-0.3, -0.25) is 0 Å². The molecule has 0 aliphatic carbocycles. The van der Waals surface area contributed by atoms with Gasteiger partial charge in [-0.2, -0.15) is 0 Å². The Bertz CT molecular complexity index is 2850. The van der Waals surface area contributed by atoms with E-state index in [9.17, 15) is 0 Å². The van der Waals surface area contributed by atoms with Crippen molar-refractivity contribution in [3.8, 4) is 33.9 Å². The molecule has 0 amide bonds. The lowest BCUT2D eigenvalue weighted by atomic mass is 9.90. The molecule has 10 rings (SSSR count). The van der Waals surface area contributed by atoms with E-state index in [0.717, 1.165) is 28.1 Å². The fourth-order valence-corrected chi connectivity index (χ4v) is 7.61. The highest BCUT2D eigenvalue weighted by Gasteiger charge is 2.18. The van der Waals surface area contributed by atoms with Crippen LogP contribution in [0.25, 0.3) is 98.5 Å². The zero-order valence-corrected chi connectivity index (χ0v) is 26.1. The summed E-state index contributed by atoms with van der Waals surface area (Å²) in [4.78, 5) is 10.6. The molecule has 222 valence electrons. The van der Waals surface area contributed by atoms with Crippen LogP contribution in [0.2, 0.25) is 0 Å². The van der Waals surface area contributed by atoms with E-state index < -0.39 is 0 Å². The molecule has 10 aromatic rings. The van der Waals surface area contributed by atoms with Crippen molar-refractivity contribution in [3.63, 3.8) is 0 Å².